The minimum absolute atomic E-state index is 0.0614. The molecule has 0 bridgehead atoms. The summed E-state index contributed by atoms with van der Waals surface area (Å²) in [5.41, 5.74) is -1.02. The third-order valence-corrected chi connectivity index (χ3v) is 6.06. The highest BCUT2D eigenvalue weighted by Gasteiger charge is 2.38. The van der Waals surface area contributed by atoms with Crippen LogP contribution in [0, 0.1) is 5.92 Å². The molecular formula is C16H20F3N3O4S. The number of rotatable bonds is 4. The lowest BCUT2D eigenvalue weighted by atomic mass is 9.95. The van der Waals surface area contributed by atoms with Crippen molar-refractivity contribution in [2.45, 2.75) is 25.1 Å². The van der Waals surface area contributed by atoms with Crippen molar-refractivity contribution in [2.24, 2.45) is 5.92 Å². The predicted octanol–water partition coefficient (Wildman–Crippen LogP) is 1.36. The standard InChI is InChI=1S/C16H20F3N3O4S/c1-27(24,25)22-6-3-11(4-7-22)15(23)21-9-13(10-21)26-12-2-5-20-14(8-12)16(17,18)19/h2,5,8,11,13H,3-4,6-7,9-10H2,1H3. The fourth-order valence-corrected chi connectivity index (χ4v) is 4.09. The van der Waals surface area contributed by atoms with E-state index in [0.29, 0.717) is 39.0 Å². The number of piperidine rings is 1. The normalized spacial score (nSPS) is 20.4. The Bertz CT molecular complexity index is 801. The highest BCUT2D eigenvalue weighted by atomic mass is 32.2. The Balaban J connectivity index is 1.48. The largest absolute Gasteiger partial charge is 0.487 e. The number of hydrogen-bond acceptors (Lipinski definition) is 5. The molecule has 0 atom stereocenters. The SMILES string of the molecule is CS(=O)(=O)N1CCC(C(=O)N2CC(Oc3ccnc(C(F)(F)F)c3)C2)CC1. The first-order valence-electron chi connectivity index (χ1n) is 8.48. The number of nitrogens with zero attached hydrogens (tertiary/aromatic N) is 3. The van der Waals surface area contributed by atoms with Crippen LogP contribution in [0.3, 0.4) is 0 Å². The number of amides is 1. The molecule has 2 fully saturated rings. The predicted molar refractivity (Wildman–Crippen MR) is 89.4 cm³/mol. The zero-order valence-electron chi connectivity index (χ0n) is 14.6. The highest BCUT2D eigenvalue weighted by Crippen LogP contribution is 2.30. The van der Waals surface area contributed by atoms with E-state index >= 15 is 0 Å². The van der Waals surface area contributed by atoms with Crippen molar-refractivity contribution in [3.63, 3.8) is 0 Å². The summed E-state index contributed by atoms with van der Waals surface area (Å²) in [6.07, 6.45) is -1.79. The Kier molecular flexibility index (Phi) is 5.35. The Morgan fingerprint density at radius 3 is 2.44 bits per heavy atom. The van der Waals surface area contributed by atoms with Crippen LogP contribution in [-0.4, -0.2) is 67.1 Å². The van der Waals surface area contributed by atoms with Gasteiger partial charge < -0.3 is 9.64 Å². The Labute approximate surface area is 155 Å². The van der Waals surface area contributed by atoms with Gasteiger partial charge in [0.1, 0.15) is 17.5 Å². The molecule has 1 aromatic heterocycles. The molecule has 0 aromatic carbocycles. The third kappa shape index (κ3) is 4.70. The van der Waals surface area contributed by atoms with Crippen molar-refractivity contribution in [3.05, 3.63) is 24.0 Å². The molecule has 2 aliphatic heterocycles. The monoisotopic (exact) mass is 407 g/mol. The fourth-order valence-electron chi connectivity index (χ4n) is 3.22. The Morgan fingerprint density at radius 2 is 1.89 bits per heavy atom. The maximum Gasteiger partial charge on any atom is 0.433 e. The molecule has 3 heterocycles. The molecule has 0 radical (unpaired) electrons. The van der Waals surface area contributed by atoms with Gasteiger partial charge in [0, 0.05) is 31.3 Å². The van der Waals surface area contributed by atoms with Gasteiger partial charge in [-0.05, 0) is 18.9 Å². The second kappa shape index (κ2) is 7.27. The number of halogens is 3. The summed E-state index contributed by atoms with van der Waals surface area (Å²) in [4.78, 5) is 17.3. The summed E-state index contributed by atoms with van der Waals surface area (Å²) >= 11 is 0. The smallest absolute Gasteiger partial charge is 0.433 e. The molecular weight excluding hydrogens is 387 g/mol. The van der Waals surface area contributed by atoms with Gasteiger partial charge in [0.05, 0.1) is 19.3 Å². The number of sulfonamides is 1. The first-order chi connectivity index (χ1) is 12.5. The van der Waals surface area contributed by atoms with Gasteiger partial charge in [-0.3, -0.25) is 9.78 Å². The van der Waals surface area contributed by atoms with Crippen LogP contribution in [-0.2, 0) is 21.0 Å². The van der Waals surface area contributed by atoms with E-state index in [1.54, 1.807) is 4.90 Å². The molecule has 27 heavy (non-hydrogen) atoms. The number of likely N-dealkylation sites (tertiary alicyclic amines) is 1. The third-order valence-electron chi connectivity index (χ3n) is 4.76. The van der Waals surface area contributed by atoms with Crippen molar-refractivity contribution >= 4 is 15.9 Å². The van der Waals surface area contributed by atoms with Crippen LogP contribution in [0.5, 0.6) is 5.75 Å². The van der Waals surface area contributed by atoms with Crippen LogP contribution in [0.1, 0.15) is 18.5 Å². The van der Waals surface area contributed by atoms with Gasteiger partial charge in [-0.15, -0.1) is 0 Å². The van der Waals surface area contributed by atoms with E-state index in [-0.39, 0.29) is 23.7 Å². The van der Waals surface area contributed by atoms with Crippen molar-refractivity contribution in [2.75, 3.05) is 32.4 Å². The van der Waals surface area contributed by atoms with E-state index in [4.69, 9.17) is 4.74 Å². The van der Waals surface area contributed by atoms with Gasteiger partial charge in [-0.1, -0.05) is 0 Å². The first-order valence-corrected chi connectivity index (χ1v) is 10.3. The van der Waals surface area contributed by atoms with E-state index in [2.05, 4.69) is 4.98 Å². The molecule has 0 aliphatic carbocycles. The lowest BCUT2D eigenvalue weighted by Crippen LogP contribution is -2.58. The van der Waals surface area contributed by atoms with Crippen molar-refractivity contribution < 1.29 is 31.1 Å². The molecule has 150 valence electrons. The molecule has 0 N–H and O–H groups in total. The number of carbonyl (C=O) groups is 1. The summed E-state index contributed by atoms with van der Waals surface area (Å²) in [6.45, 7) is 1.24. The van der Waals surface area contributed by atoms with Gasteiger partial charge in [0.25, 0.3) is 0 Å². The quantitative estimate of drug-likeness (QED) is 0.753. The average Bonchev–Trinajstić information content (AvgIpc) is 2.56. The number of ether oxygens (including phenoxy) is 1. The summed E-state index contributed by atoms with van der Waals surface area (Å²) < 4.78 is 67.9. The number of hydrogen-bond donors (Lipinski definition) is 0. The lowest BCUT2D eigenvalue weighted by molar-refractivity contribution is -0.145. The van der Waals surface area contributed by atoms with Crippen LogP contribution < -0.4 is 4.74 Å². The minimum atomic E-state index is -4.54. The summed E-state index contributed by atoms with van der Waals surface area (Å²) in [5.74, 6) is -0.230. The lowest BCUT2D eigenvalue weighted by Gasteiger charge is -2.42. The molecule has 1 aromatic rings. The number of pyridine rings is 1. The van der Waals surface area contributed by atoms with E-state index < -0.39 is 21.9 Å². The summed E-state index contributed by atoms with van der Waals surface area (Å²) in [6, 6.07) is 2.19. The zero-order chi connectivity index (χ0) is 19.8. The molecule has 0 saturated carbocycles. The number of alkyl halides is 3. The fraction of sp³-hybridized carbons (Fsp3) is 0.625. The van der Waals surface area contributed by atoms with E-state index in [9.17, 15) is 26.4 Å². The maximum atomic E-state index is 12.7. The molecule has 2 aliphatic rings. The van der Waals surface area contributed by atoms with Gasteiger partial charge in [-0.2, -0.15) is 13.2 Å². The topological polar surface area (TPSA) is 79.8 Å². The van der Waals surface area contributed by atoms with Crippen molar-refractivity contribution in [3.8, 4) is 5.75 Å². The van der Waals surface area contributed by atoms with Gasteiger partial charge in [0.2, 0.25) is 15.9 Å². The molecule has 2 saturated heterocycles. The van der Waals surface area contributed by atoms with Gasteiger partial charge in [0.15, 0.2) is 0 Å². The van der Waals surface area contributed by atoms with Crippen LogP contribution in [0.25, 0.3) is 0 Å². The molecule has 0 spiro atoms. The second-order valence-electron chi connectivity index (χ2n) is 6.79. The van der Waals surface area contributed by atoms with Crippen molar-refractivity contribution in [1.82, 2.24) is 14.2 Å². The van der Waals surface area contributed by atoms with Crippen LogP contribution in [0.4, 0.5) is 13.2 Å². The van der Waals surface area contributed by atoms with Gasteiger partial charge in [-0.25, -0.2) is 12.7 Å². The molecule has 1 amide bonds. The van der Waals surface area contributed by atoms with Crippen LogP contribution in [0.2, 0.25) is 0 Å². The number of aromatic nitrogens is 1. The average molecular weight is 407 g/mol. The van der Waals surface area contributed by atoms with Crippen molar-refractivity contribution in [1.29, 1.82) is 0 Å². The first kappa shape index (κ1) is 19.9. The Hall–Kier alpha value is -1.88. The Morgan fingerprint density at radius 1 is 1.26 bits per heavy atom. The van der Waals surface area contributed by atoms with E-state index in [0.717, 1.165) is 18.5 Å². The highest BCUT2D eigenvalue weighted by molar-refractivity contribution is 7.88. The van der Waals surface area contributed by atoms with Crippen LogP contribution >= 0.6 is 0 Å². The summed E-state index contributed by atoms with van der Waals surface area (Å²) in [7, 11) is -3.24. The molecule has 7 nitrogen and oxygen atoms in total. The zero-order valence-corrected chi connectivity index (χ0v) is 15.5. The molecule has 0 unspecified atom stereocenters. The molecule has 11 heteroatoms. The minimum Gasteiger partial charge on any atom is -0.487 e. The van der Waals surface area contributed by atoms with Gasteiger partial charge >= 0.3 is 6.18 Å². The molecule has 3 rings (SSSR count). The van der Waals surface area contributed by atoms with E-state index in [1.807, 2.05) is 0 Å². The van der Waals surface area contributed by atoms with Crippen LogP contribution in [0.15, 0.2) is 18.3 Å². The van der Waals surface area contributed by atoms with E-state index in [1.165, 1.54) is 10.4 Å². The maximum absolute atomic E-state index is 12.7. The number of carbonyl (C=O) groups excluding carboxylic acids is 1. The summed E-state index contributed by atoms with van der Waals surface area (Å²) in [5, 5.41) is 0. The second-order valence-corrected chi connectivity index (χ2v) is 8.78.